The van der Waals surface area contributed by atoms with E-state index in [1.54, 1.807) is 0 Å². The van der Waals surface area contributed by atoms with E-state index >= 15 is 0 Å². The normalized spacial score (nSPS) is 12.1. The van der Waals surface area contributed by atoms with E-state index in [9.17, 15) is 4.79 Å². The molecule has 2 N–H and O–H groups in total. The fourth-order valence-corrected chi connectivity index (χ4v) is 1.71. The topological polar surface area (TPSA) is 50.4 Å². The van der Waals surface area contributed by atoms with Gasteiger partial charge in [0.2, 0.25) is 5.91 Å². The van der Waals surface area contributed by atoms with Gasteiger partial charge in [-0.25, -0.2) is 0 Å². The summed E-state index contributed by atoms with van der Waals surface area (Å²) in [4.78, 5) is 11.5. The molecule has 0 fully saturated rings. The summed E-state index contributed by atoms with van der Waals surface area (Å²) in [6.45, 7) is 8.68. The van der Waals surface area contributed by atoms with Crippen molar-refractivity contribution in [3.05, 3.63) is 24.3 Å². The molecule has 0 saturated carbocycles. The van der Waals surface area contributed by atoms with E-state index in [0.717, 1.165) is 17.9 Å². The molecule has 1 atom stereocenters. The molecule has 0 bridgehead atoms. The van der Waals surface area contributed by atoms with Crippen LogP contribution in [0, 0.1) is 0 Å². The highest BCUT2D eigenvalue weighted by atomic mass is 16.5. The Hall–Kier alpha value is -1.71. The minimum absolute atomic E-state index is 0.0690. The molecule has 1 unspecified atom stereocenters. The second-order valence-electron chi connectivity index (χ2n) is 5.26. The van der Waals surface area contributed by atoms with Crippen LogP contribution in [-0.4, -0.2) is 24.6 Å². The SMILES string of the molecule is CCC(C)Oc1cccc(NCCC(=O)NC(C)C)c1. The third kappa shape index (κ3) is 6.45. The van der Waals surface area contributed by atoms with Crippen molar-refractivity contribution in [1.82, 2.24) is 5.32 Å². The smallest absolute Gasteiger partial charge is 0.221 e. The summed E-state index contributed by atoms with van der Waals surface area (Å²) in [5.74, 6) is 0.926. The molecule has 1 aromatic carbocycles. The molecule has 20 heavy (non-hydrogen) atoms. The lowest BCUT2D eigenvalue weighted by Crippen LogP contribution is -2.31. The Labute approximate surface area is 121 Å². The third-order valence-electron chi connectivity index (χ3n) is 2.88. The highest BCUT2D eigenvalue weighted by molar-refractivity contribution is 5.76. The summed E-state index contributed by atoms with van der Waals surface area (Å²) in [7, 11) is 0. The Morgan fingerprint density at radius 1 is 1.30 bits per heavy atom. The summed E-state index contributed by atoms with van der Waals surface area (Å²) < 4.78 is 5.76. The summed E-state index contributed by atoms with van der Waals surface area (Å²) in [5, 5.41) is 6.11. The number of nitrogens with one attached hydrogen (secondary N) is 2. The highest BCUT2D eigenvalue weighted by Crippen LogP contribution is 2.19. The Morgan fingerprint density at radius 3 is 2.70 bits per heavy atom. The van der Waals surface area contributed by atoms with Crippen molar-refractivity contribution in [1.29, 1.82) is 0 Å². The van der Waals surface area contributed by atoms with Gasteiger partial charge in [-0.1, -0.05) is 13.0 Å². The number of anilines is 1. The second-order valence-corrected chi connectivity index (χ2v) is 5.26. The average molecular weight is 278 g/mol. The first-order chi connectivity index (χ1) is 9.51. The predicted octanol–water partition coefficient (Wildman–Crippen LogP) is 3.19. The number of ether oxygens (including phenoxy) is 1. The van der Waals surface area contributed by atoms with Gasteiger partial charge in [-0.15, -0.1) is 0 Å². The lowest BCUT2D eigenvalue weighted by molar-refractivity contribution is -0.121. The molecule has 1 aromatic rings. The first-order valence-electron chi connectivity index (χ1n) is 7.31. The van der Waals surface area contributed by atoms with Crippen molar-refractivity contribution in [3.8, 4) is 5.75 Å². The van der Waals surface area contributed by atoms with Crippen molar-refractivity contribution in [2.45, 2.75) is 52.7 Å². The Bertz CT molecular complexity index is 419. The zero-order valence-corrected chi connectivity index (χ0v) is 12.9. The minimum atomic E-state index is 0.0690. The van der Waals surface area contributed by atoms with E-state index in [1.165, 1.54) is 0 Å². The van der Waals surface area contributed by atoms with Crippen molar-refractivity contribution in [2.24, 2.45) is 0 Å². The monoisotopic (exact) mass is 278 g/mol. The van der Waals surface area contributed by atoms with Crippen LogP contribution in [0.2, 0.25) is 0 Å². The highest BCUT2D eigenvalue weighted by Gasteiger charge is 2.04. The van der Waals surface area contributed by atoms with E-state index in [4.69, 9.17) is 4.74 Å². The van der Waals surface area contributed by atoms with Crippen molar-refractivity contribution in [3.63, 3.8) is 0 Å². The van der Waals surface area contributed by atoms with Crippen LogP contribution >= 0.6 is 0 Å². The molecule has 112 valence electrons. The van der Waals surface area contributed by atoms with Gasteiger partial charge in [0.25, 0.3) is 0 Å². The summed E-state index contributed by atoms with van der Waals surface area (Å²) in [5.41, 5.74) is 0.975. The molecule has 0 radical (unpaired) electrons. The lowest BCUT2D eigenvalue weighted by Gasteiger charge is -2.14. The van der Waals surface area contributed by atoms with Crippen LogP contribution in [0.25, 0.3) is 0 Å². The molecule has 0 saturated heterocycles. The molecule has 0 aliphatic heterocycles. The number of hydrogen-bond acceptors (Lipinski definition) is 3. The van der Waals surface area contributed by atoms with Gasteiger partial charge in [-0.2, -0.15) is 0 Å². The van der Waals surface area contributed by atoms with Crippen LogP contribution < -0.4 is 15.4 Å². The molecule has 4 nitrogen and oxygen atoms in total. The molecule has 0 aliphatic carbocycles. The van der Waals surface area contributed by atoms with Gasteiger partial charge in [-0.3, -0.25) is 4.79 Å². The van der Waals surface area contributed by atoms with Crippen molar-refractivity contribution < 1.29 is 9.53 Å². The maximum absolute atomic E-state index is 11.5. The lowest BCUT2D eigenvalue weighted by atomic mass is 10.2. The summed E-state index contributed by atoms with van der Waals surface area (Å²) in [6, 6.07) is 8.03. The van der Waals surface area contributed by atoms with Gasteiger partial charge in [0.05, 0.1) is 6.10 Å². The van der Waals surface area contributed by atoms with E-state index in [0.29, 0.717) is 13.0 Å². The molecular formula is C16H26N2O2. The molecule has 1 amide bonds. The van der Waals surface area contributed by atoms with E-state index in [2.05, 4.69) is 24.5 Å². The second kappa shape index (κ2) is 8.46. The van der Waals surface area contributed by atoms with Crippen molar-refractivity contribution >= 4 is 11.6 Å². The largest absolute Gasteiger partial charge is 0.491 e. The Morgan fingerprint density at radius 2 is 2.05 bits per heavy atom. The number of benzene rings is 1. The zero-order valence-electron chi connectivity index (χ0n) is 12.9. The maximum Gasteiger partial charge on any atom is 0.221 e. The van der Waals surface area contributed by atoms with Crippen LogP contribution in [0.15, 0.2) is 24.3 Å². The van der Waals surface area contributed by atoms with E-state index in [1.807, 2.05) is 38.1 Å². The number of hydrogen-bond donors (Lipinski definition) is 2. The molecule has 0 aliphatic rings. The number of carbonyl (C=O) groups excluding carboxylic acids is 1. The van der Waals surface area contributed by atoms with Crippen LogP contribution in [0.1, 0.15) is 40.5 Å². The fraction of sp³-hybridized carbons (Fsp3) is 0.562. The van der Waals surface area contributed by atoms with Crippen LogP contribution in [0.4, 0.5) is 5.69 Å². The van der Waals surface area contributed by atoms with E-state index < -0.39 is 0 Å². The summed E-state index contributed by atoms with van der Waals surface area (Å²) in [6.07, 6.45) is 1.66. The zero-order chi connectivity index (χ0) is 15.0. The van der Waals surface area contributed by atoms with Gasteiger partial charge in [-0.05, 0) is 39.3 Å². The quantitative estimate of drug-likeness (QED) is 0.768. The van der Waals surface area contributed by atoms with Crippen molar-refractivity contribution in [2.75, 3.05) is 11.9 Å². The number of rotatable bonds is 8. The van der Waals surface area contributed by atoms with E-state index in [-0.39, 0.29) is 18.1 Å². The minimum Gasteiger partial charge on any atom is -0.491 e. The van der Waals surface area contributed by atoms with Gasteiger partial charge in [0, 0.05) is 30.8 Å². The number of carbonyl (C=O) groups is 1. The summed E-state index contributed by atoms with van der Waals surface area (Å²) >= 11 is 0. The predicted molar refractivity (Wildman–Crippen MR) is 83.2 cm³/mol. The molecular weight excluding hydrogens is 252 g/mol. The average Bonchev–Trinajstić information content (AvgIpc) is 2.38. The van der Waals surface area contributed by atoms with Crippen LogP contribution in [0.5, 0.6) is 5.75 Å². The van der Waals surface area contributed by atoms with Crippen LogP contribution in [0.3, 0.4) is 0 Å². The maximum atomic E-state index is 11.5. The van der Waals surface area contributed by atoms with Gasteiger partial charge < -0.3 is 15.4 Å². The Balaban J connectivity index is 2.40. The van der Waals surface area contributed by atoms with Crippen LogP contribution in [-0.2, 0) is 4.79 Å². The molecule has 0 heterocycles. The molecule has 1 rings (SSSR count). The number of amides is 1. The standard InChI is InChI=1S/C16H26N2O2/c1-5-13(4)20-15-8-6-7-14(11-15)17-10-9-16(19)18-12(2)3/h6-8,11-13,17H,5,9-10H2,1-4H3,(H,18,19). The fourth-order valence-electron chi connectivity index (χ4n) is 1.71. The first-order valence-corrected chi connectivity index (χ1v) is 7.31. The first kappa shape index (κ1) is 16.3. The van der Waals surface area contributed by atoms with Gasteiger partial charge in [0.1, 0.15) is 5.75 Å². The molecule has 0 spiro atoms. The Kier molecular flexibility index (Phi) is 6.91. The van der Waals surface area contributed by atoms with Gasteiger partial charge in [0.15, 0.2) is 0 Å². The molecule has 0 aromatic heterocycles. The van der Waals surface area contributed by atoms with Gasteiger partial charge >= 0.3 is 0 Å². The molecule has 4 heteroatoms. The third-order valence-corrected chi connectivity index (χ3v) is 2.88.